The van der Waals surface area contributed by atoms with E-state index in [1.165, 1.54) is 6.07 Å². The second-order valence-electron chi connectivity index (χ2n) is 4.43. The summed E-state index contributed by atoms with van der Waals surface area (Å²) in [7, 11) is 0. The Bertz CT molecular complexity index is 608. The first-order valence-corrected chi connectivity index (χ1v) is 6.19. The lowest BCUT2D eigenvalue weighted by molar-refractivity contribution is 0.0697. The van der Waals surface area contributed by atoms with Crippen LogP contribution in [0.4, 0.5) is 11.4 Å². The van der Waals surface area contributed by atoms with Crippen molar-refractivity contribution in [3.8, 4) is 0 Å². The summed E-state index contributed by atoms with van der Waals surface area (Å²) in [4.78, 5) is 10.9. The van der Waals surface area contributed by atoms with E-state index in [1.807, 2.05) is 24.7 Å². The molecule has 100 valence electrons. The number of anilines is 2. The predicted molar refractivity (Wildman–Crippen MR) is 74.3 cm³/mol. The van der Waals surface area contributed by atoms with Gasteiger partial charge >= 0.3 is 5.97 Å². The van der Waals surface area contributed by atoms with Crippen LogP contribution in [0.2, 0.25) is 5.02 Å². The average Bonchev–Trinajstić information content (AvgIpc) is 2.77. The van der Waals surface area contributed by atoms with E-state index in [1.54, 1.807) is 18.3 Å². The standard InChI is InChI=1S/C13H14ClN3O2/c1-8(2)17-7-10(6-15-17)16-9-3-4-11(13(18)19)12(14)5-9/h3-8,16H,1-2H3,(H,18,19). The molecule has 0 atom stereocenters. The second-order valence-corrected chi connectivity index (χ2v) is 4.83. The Kier molecular flexibility index (Phi) is 3.76. The molecular formula is C13H14ClN3O2. The van der Waals surface area contributed by atoms with Gasteiger partial charge in [-0.15, -0.1) is 0 Å². The van der Waals surface area contributed by atoms with Crippen LogP contribution in [0.15, 0.2) is 30.6 Å². The molecule has 0 bridgehead atoms. The number of benzene rings is 1. The third-order valence-electron chi connectivity index (χ3n) is 2.62. The van der Waals surface area contributed by atoms with E-state index in [4.69, 9.17) is 16.7 Å². The van der Waals surface area contributed by atoms with E-state index in [-0.39, 0.29) is 16.6 Å². The molecule has 0 saturated heterocycles. The van der Waals surface area contributed by atoms with Crippen LogP contribution in [-0.4, -0.2) is 20.9 Å². The SMILES string of the molecule is CC(C)n1cc(Nc2ccc(C(=O)O)c(Cl)c2)cn1. The lowest BCUT2D eigenvalue weighted by Crippen LogP contribution is -2.00. The number of carboxylic acid groups (broad SMARTS) is 1. The van der Waals surface area contributed by atoms with Gasteiger partial charge in [-0.05, 0) is 32.0 Å². The van der Waals surface area contributed by atoms with E-state index < -0.39 is 5.97 Å². The van der Waals surface area contributed by atoms with Gasteiger partial charge in [0.15, 0.2) is 0 Å². The van der Waals surface area contributed by atoms with Crippen molar-refractivity contribution >= 4 is 28.9 Å². The van der Waals surface area contributed by atoms with Gasteiger partial charge in [-0.25, -0.2) is 4.79 Å². The maximum atomic E-state index is 10.9. The van der Waals surface area contributed by atoms with Crippen LogP contribution in [0, 0.1) is 0 Å². The van der Waals surface area contributed by atoms with Crippen LogP contribution in [0.5, 0.6) is 0 Å². The molecule has 6 heteroatoms. The Morgan fingerprint density at radius 3 is 2.68 bits per heavy atom. The quantitative estimate of drug-likeness (QED) is 0.898. The molecule has 2 rings (SSSR count). The van der Waals surface area contributed by atoms with E-state index in [0.717, 1.165) is 11.4 Å². The van der Waals surface area contributed by atoms with Crippen LogP contribution < -0.4 is 5.32 Å². The number of nitrogens with one attached hydrogen (secondary N) is 1. The molecule has 2 aromatic rings. The van der Waals surface area contributed by atoms with Crippen molar-refractivity contribution in [1.29, 1.82) is 0 Å². The van der Waals surface area contributed by atoms with Crippen LogP contribution >= 0.6 is 11.6 Å². The molecular weight excluding hydrogens is 266 g/mol. The van der Waals surface area contributed by atoms with Gasteiger partial charge in [0, 0.05) is 17.9 Å². The molecule has 1 heterocycles. The van der Waals surface area contributed by atoms with Gasteiger partial charge in [-0.3, -0.25) is 4.68 Å². The Labute approximate surface area is 115 Å². The highest BCUT2D eigenvalue weighted by molar-refractivity contribution is 6.33. The molecule has 0 aliphatic carbocycles. The smallest absolute Gasteiger partial charge is 0.337 e. The van der Waals surface area contributed by atoms with Gasteiger partial charge in [0.2, 0.25) is 0 Å². The highest BCUT2D eigenvalue weighted by atomic mass is 35.5. The first kappa shape index (κ1) is 13.4. The number of aromatic nitrogens is 2. The maximum absolute atomic E-state index is 10.9. The third-order valence-corrected chi connectivity index (χ3v) is 2.93. The zero-order valence-corrected chi connectivity index (χ0v) is 11.3. The molecule has 0 aliphatic rings. The third kappa shape index (κ3) is 3.06. The van der Waals surface area contributed by atoms with Crippen molar-refractivity contribution in [2.45, 2.75) is 19.9 Å². The molecule has 0 unspecified atom stereocenters. The summed E-state index contributed by atoms with van der Waals surface area (Å²) in [6.07, 6.45) is 3.59. The average molecular weight is 280 g/mol. The number of nitrogens with zero attached hydrogens (tertiary/aromatic N) is 2. The van der Waals surface area contributed by atoms with E-state index >= 15 is 0 Å². The van der Waals surface area contributed by atoms with E-state index in [2.05, 4.69) is 10.4 Å². The van der Waals surface area contributed by atoms with Crippen molar-refractivity contribution in [1.82, 2.24) is 9.78 Å². The van der Waals surface area contributed by atoms with Gasteiger partial charge in [-0.2, -0.15) is 5.10 Å². The van der Waals surface area contributed by atoms with Crippen molar-refractivity contribution in [2.75, 3.05) is 5.32 Å². The Balaban J connectivity index is 2.19. The molecule has 2 N–H and O–H groups in total. The summed E-state index contributed by atoms with van der Waals surface area (Å²) in [5.41, 5.74) is 1.64. The molecule has 0 saturated carbocycles. The first-order valence-electron chi connectivity index (χ1n) is 5.81. The number of aromatic carboxylic acids is 1. The van der Waals surface area contributed by atoms with Crippen molar-refractivity contribution in [3.63, 3.8) is 0 Å². The minimum absolute atomic E-state index is 0.0880. The fourth-order valence-corrected chi connectivity index (χ4v) is 1.88. The van der Waals surface area contributed by atoms with Gasteiger partial charge in [0.1, 0.15) is 0 Å². The first-order chi connectivity index (χ1) is 8.97. The highest BCUT2D eigenvalue weighted by Gasteiger charge is 2.09. The van der Waals surface area contributed by atoms with Crippen molar-refractivity contribution < 1.29 is 9.90 Å². The Morgan fingerprint density at radius 1 is 1.42 bits per heavy atom. The number of rotatable bonds is 4. The topological polar surface area (TPSA) is 67.2 Å². The molecule has 0 radical (unpaired) electrons. The monoisotopic (exact) mass is 279 g/mol. The predicted octanol–water partition coefficient (Wildman–Crippen LogP) is 3.56. The van der Waals surface area contributed by atoms with Crippen LogP contribution in [0.1, 0.15) is 30.2 Å². The summed E-state index contributed by atoms with van der Waals surface area (Å²) in [5.74, 6) is -1.04. The normalized spacial score (nSPS) is 10.7. The lowest BCUT2D eigenvalue weighted by Gasteiger charge is -2.06. The summed E-state index contributed by atoms with van der Waals surface area (Å²) >= 11 is 5.90. The van der Waals surface area contributed by atoms with Gasteiger partial charge in [0.05, 0.1) is 22.5 Å². The van der Waals surface area contributed by atoms with Crippen LogP contribution in [0.3, 0.4) is 0 Å². The molecule has 1 aromatic carbocycles. The molecule has 0 amide bonds. The summed E-state index contributed by atoms with van der Waals surface area (Å²) in [6, 6.07) is 5.01. The fourth-order valence-electron chi connectivity index (χ4n) is 1.62. The van der Waals surface area contributed by atoms with Crippen molar-refractivity contribution in [2.24, 2.45) is 0 Å². The summed E-state index contributed by atoms with van der Waals surface area (Å²) in [5, 5.41) is 16.4. The molecule has 0 spiro atoms. The van der Waals surface area contributed by atoms with Gasteiger partial charge in [0.25, 0.3) is 0 Å². The zero-order valence-electron chi connectivity index (χ0n) is 10.6. The number of hydrogen-bond acceptors (Lipinski definition) is 3. The number of hydrogen-bond donors (Lipinski definition) is 2. The zero-order chi connectivity index (χ0) is 14.0. The van der Waals surface area contributed by atoms with E-state index in [9.17, 15) is 4.79 Å². The second kappa shape index (κ2) is 5.32. The Morgan fingerprint density at radius 2 is 2.16 bits per heavy atom. The maximum Gasteiger partial charge on any atom is 0.337 e. The summed E-state index contributed by atoms with van der Waals surface area (Å²) in [6.45, 7) is 4.07. The number of halogens is 1. The van der Waals surface area contributed by atoms with Gasteiger partial charge < -0.3 is 10.4 Å². The van der Waals surface area contributed by atoms with Crippen LogP contribution in [0.25, 0.3) is 0 Å². The molecule has 0 aliphatic heterocycles. The fraction of sp³-hybridized carbons (Fsp3) is 0.231. The van der Waals surface area contributed by atoms with Crippen LogP contribution in [-0.2, 0) is 0 Å². The minimum Gasteiger partial charge on any atom is -0.478 e. The largest absolute Gasteiger partial charge is 0.478 e. The lowest BCUT2D eigenvalue weighted by atomic mass is 10.2. The molecule has 19 heavy (non-hydrogen) atoms. The van der Waals surface area contributed by atoms with Gasteiger partial charge in [-0.1, -0.05) is 11.6 Å². The molecule has 5 nitrogen and oxygen atoms in total. The number of carboxylic acids is 1. The molecule has 0 fully saturated rings. The highest BCUT2D eigenvalue weighted by Crippen LogP contribution is 2.24. The van der Waals surface area contributed by atoms with E-state index in [0.29, 0.717) is 0 Å². The minimum atomic E-state index is -1.04. The molecule has 1 aromatic heterocycles. The Hall–Kier alpha value is -2.01. The summed E-state index contributed by atoms with van der Waals surface area (Å²) < 4.78 is 1.83. The van der Waals surface area contributed by atoms with Crippen molar-refractivity contribution in [3.05, 3.63) is 41.2 Å². The number of carbonyl (C=O) groups is 1.